The summed E-state index contributed by atoms with van der Waals surface area (Å²) in [6.07, 6.45) is 2.28. The molecule has 0 bridgehead atoms. The molecule has 0 radical (unpaired) electrons. The minimum atomic E-state index is -0.268. The summed E-state index contributed by atoms with van der Waals surface area (Å²) in [5.41, 5.74) is 6.76. The van der Waals surface area contributed by atoms with Crippen molar-refractivity contribution in [2.45, 2.75) is 38.8 Å². The van der Waals surface area contributed by atoms with Gasteiger partial charge in [0.05, 0.1) is 12.6 Å². The maximum atomic E-state index is 12.9. The Hall–Kier alpha value is -1.17. The zero-order valence-electron chi connectivity index (χ0n) is 13.8. The Morgan fingerprint density at radius 3 is 2.70 bits per heavy atom. The van der Waals surface area contributed by atoms with Crippen molar-refractivity contribution >= 4 is 18.3 Å². The number of halogens is 2. The van der Waals surface area contributed by atoms with Gasteiger partial charge in [-0.05, 0) is 49.9 Å². The standard InChI is InChI=1S/C17H26FN3O.ClH/c1-12-4-3-9-21(16(12)10-19)11-17(22)20-13(2)14-5-7-15(18)8-6-14;/h5-8,12-13,16H,3-4,9-11,19H2,1-2H3,(H,20,22);1H. The molecule has 0 saturated carbocycles. The third-order valence-corrected chi connectivity index (χ3v) is 4.57. The van der Waals surface area contributed by atoms with Crippen molar-refractivity contribution in [3.8, 4) is 0 Å². The molecule has 1 aromatic carbocycles. The van der Waals surface area contributed by atoms with E-state index in [2.05, 4.69) is 17.1 Å². The van der Waals surface area contributed by atoms with Gasteiger partial charge in [-0.25, -0.2) is 4.39 Å². The van der Waals surface area contributed by atoms with Crippen LogP contribution in [0.4, 0.5) is 4.39 Å². The summed E-state index contributed by atoms with van der Waals surface area (Å²) in [7, 11) is 0. The van der Waals surface area contributed by atoms with Crippen LogP contribution in [0, 0.1) is 11.7 Å². The number of rotatable bonds is 5. The highest BCUT2D eigenvalue weighted by atomic mass is 35.5. The molecule has 4 nitrogen and oxygen atoms in total. The molecule has 3 atom stereocenters. The normalized spacial score (nSPS) is 23.0. The summed E-state index contributed by atoms with van der Waals surface area (Å²) in [4.78, 5) is 14.4. The van der Waals surface area contributed by atoms with Crippen LogP contribution in [0.15, 0.2) is 24.3 Å². The molecule has 6 heteroatoms. The van der Waals surface area contributed by atoms with Crippen LogP contribution in [-0.4, -0.2) is 36.5 Å². The SMILES string of the molecule is CC(NC(=O)CN1CCCC(C)C1CN)c1ccc(F)cc1.Cl. The van der Waals surface area contributed by atoms with Crippen molar-refractivity contribution in [3.63, 3.8) is 0 Å². The summed E-state index contributed by atoms with van der Waals surface area (Å²) in [6, 6.07) is 6.37. The van der Waals surface area contributed by atoms with Crippen LogP contribution < -0.4 is 11.1 Å². The van der Waals surface area contributed by atoms with Crippen LogP contribution in [0.2, 0.25) is 0 Å². The lowest BCUT2D eigenvalue weighted by molar-refractivity contribution is -0.124. The van der Waals surface area contributed by atoms with Gasteiger partial charge in [-0.1, -0.05) is 19.1 Å². The molecular formula is C17H27ClFN3O. The Morgan fingerprint density at radius 1 is 1.43 bits per heavy atom. The number of nitrogens with two attached hydrogens (primary N) is 1. The van der Waals surface area contributed by atoms with Crippen LogP contribution in [0.25, 0.3) is 0 Å². The number of nitrogens with zero attached hydrogens (tertiary/aromatic N) is 1. The van der Waals surface area contributed by atoms with Crippen molar-refractivity contribution in [1.82, 2.24) is 10.2 Å². The molecular weight excluding hydrogens is 317 g/mol. The average molecular weight is 344 g/mol. The molecule has 1 fully saturated rings. The second kappa shape index (κ2) is 9.21. The van der Waals surface area contributed by atoms with Crippen molar-refractivity contribution in [3.05, 3.63) is 35.6 Å². The van der Waals surface area contributed by atoms with E-state index in [0.717, 1.165) is 18.5 Å². The van der Waals surface area contributed by atoms with Crippen LogP contribution in [0.5, 0.6) is 0 Å². The van der Waals surface area contributed by atoms with E-state index in [4.69, 9.17) is 5.73 Å². The second-order valence-corrected chi connectivity index (χ2v) is 6.23. The van der Waals surface area contributed by atoms with E-state index < -0.39 is 0 Å². The zero-order valence-corrected chi connectivity index (χ0v) is 14.6. The number of amides is 1. The Kier molecular flexibility index (Phi) is 7.95. The fourth-order valence-corrected chi connectivity index (χ4v) is 3.22. The molecule has 1 aliphatic rings. The summed E-state index contributed by atoms with van der Waals surface area (Å²) in [5.74, 6) is 0.251. The number of carbonyl (C=O) groups excluding carboxylic acids is 1. The summed E-state index contributed by atoms with van der Waals surface area (Å²) in [6.45, 7) is 5.98. The number of benzene rings is 1. The predicted molar refractivity (Wildman–Crippen MR) is 93.0 cm³/mol. The van der Waals surface area contributed by atoms with Gasteiger partial charge in [-0.2, -0.15) is 0 Å². The van der Waals surface area contributed by atoms with E-state index in [1.165, 1.54) is 18.6 Å². The van der Waals surface area contributed by atoms with Crippen molar-refractivity contribution < 1.29 is 9.18 Å². The van der Waals surface area contributed by atoms with Gasteiger partial charge in [0, 0.05) is 12.6 Å². The van der Waals surface area contributed by atoms with Gasteiger partial charge in [0.1, 0.15) is 5.82 Å². The van der Waals surface area contributed by atoms with E-state index in [-0.39, 0.29) is 36.2 Å². The molecule has 0 spiro atoms. The smallest absolute Gasteiger partial charge is 0.234 e. The third-order valence-electron chi connectivity index (χ3n) is 4.57. The van der Waals surface area contributed by atoms with Crippen LogP contribution >= 0.6 is 12.4 Å². The molecule has 1 saturated heterocycles. The first-order chi connectivity index (χ1) is 10.5. The number of hydrogen-bond acceptors (Lipinski definition) is 3. The topological polar surface area (TPSA) is 58.4 Å². The monoisotopic (exact) mass is 343 g/mol. The highest BCUT2D eigenvalue weighted by molar-refractivity contribution is 5.85. The Balaban J connectivity index is 0.00000264. The third kappa shape index (κ3) is 5.44. The fraction of sp³-hybridized carbons (Fsp3) is 0.588. The minimum absolute atomic E-state index is 0. The Bertz CT molecular complexity index is 497. The van der Waals surface area contributed by atoms with Crippen molar-refractivity contribution in [2.24, 2.45) is 11.7 Å². The van der Waals surface area contributed by atoms with Crippen molar-refractivity contribution in [2.75, 3.05) is 19.6 Å². The summed E-state index contributed by atoms with van der Waals surface area (Å²) < 4.78 is 12.9. The highest BCUT2D eigenvalue weighted by Gasteiger charge is 2.28. The van der Waals surface area contributed by atoms with Gasteiger partial charge in [0.15, 0.2) is 0 Å². The summed E-state index contributed by atoms with van der Waals surface area (Å²) in [5, 5.41) is 2.98. The number of hydrogen-bond donors (Lipinski definition) is 2. The maximum Gasteiger partial charge on any atom is 0.234 e. The van der Waals surface area contributed by atoms with Gasteiger partial charge in [-0.15, -0.1) is 12.4 Å². The minimum Gasteiger partial charge on any atom is -0.348 e. The largest absolute Gasteiger partial charge is 0.348 e. The molecule has 1 heterocycles. The van der Waals surface area contributed by atoms with Gasteiger partial charge in [0.2, 0.25) is 5.91 Å². The van der Waals surface area contributed by atoms with E-state index in [1.54, 1.807) is 12.1 Å². The quantitative estimate of drug-likeness (QED) is 0.863. The molecule has 3 N–H and O–H groups in total. The molecule has 1 amide bonds. The lowest BCUT2D eigenvalue weighted by atomic mass is 9.91. The molecule has 0 aliphatic carbocycles. The first kappa shape index (κ1) is 19.9. The van der Waals surface area contributed by atoms with Gasteiger partial charge in [-0.3, -0.25) is 9.69 Å². The van der Waals surface area contributed by atoms with E-state index in [1.807, 2.05) is 6.92 Å². The first-order valence-corrected chi connectivity index (χ1v) is 8.00. The molecule has 3 unspecified atom stereocenters. The first-order valence-electron chi connectivity index (χ1n) is 8.00. The maximum absolute atomic E-state index is 12.9. The molecule has 1 aromatic rings. The van der Waals surface area contributed by atoms with Crippen LogP contribution in [-0.2, 0) is 4.79 Å². The van der Waals surface area contributed by atoms with Gasteiger partial charge >= 0.3 is 0 Å². The van der Waals surface area contributed by atoms with E-state index in [0.29, 0.717) is 19.0 Å². The lowest BCUT2D eigenvalue weighted by Crippen LogP contribution is -2.52. The van der Waals surface area contributed by atoms with Crippen LogP contribution in [0.3, 0.4) is 0 Å². The van der Waals surface area contributed by atoms with E-state index >= 15 is 0 Å². The average Bonchev–Trinajstić information content (AvgIpc) is 2.48. The fourth-order valence-electron chi connectivity index (χ4n) is 3.22. The van der Waals surface area contributed by atoms with Crippen LogP contribution in [0.1, 0.15) is 38.3 Å². The molecule has 1 aliphatic heterocycles. The van der Waals surface area contributed by atoms with E-state index in [9.17, 15) is 9.18 Å². The molecule has 0 aromatic heterocycles. The van der Waals surface area contributed by atoms with Gasteiger partial charge in [0.25, 0.3) is 0 Å². The van der Waals surface area contributed by atoms with Gasteiger partial charge < -0.3 is 11.1 Å². The number of nitrogens with one attached hydrogen (secondary N) is 1. The van der Waals surface area contributed by atoms with Crippen molar-refractivity contribution in [1.29, 1.82) is 0 Å². The summed E-state index contributed by atoms with van der Waals surface area (Å²) >= 11 is 0. The number of carbonyl (C=O) groups is 1. The highest BCUT2D eigenvalue weighted by Crippen LogP contribution is 2.22. The Labute approximate surface area is 144 Å². The zero-order chi connectivity index (χ0) is 16.1. The second-order valence-electron chi connectivity index (χ2n) is 6.23. The molecule has 2 rings (SSSR count). The molecule has 130 valence electrons. The number of piperidine rings is 1. The molecule has 23 heavy (non-hydrogen) atoms. The predicted octanol–water partition coefficient (Wildman–Crippen LogP) is 2.48. The number of likely N-dealkylation sites (tertiary alicyclic amines) is 1. The Morgan fingerprint density at radius 2 is 2.09 bits per heavy atom. The lowest BCUT2D eigenvalue weighted by Gasteiger charge is -2.39.